The normalized spacial score (nSPS) is 23.6. The zero-order valence-corrected chi connectivity index (χ0v) is 13.0. The number of likely N-dealkylation sites (N-methyl/N-ethyl adjacent to an activating group) is 1. The van der Waals surface area contributed by atoms with Crippen LogP contribution < -0.4 is 5.32 Å². The molecule has 1 fully saturated rings. The molecule has 4 heteroatoms. The number of hydrogen-bond acceptors (Lipinski definition) is 3. The molecule has 2 aliphatic rings. The summed E-state index contributed by atoms with van der Waals surface area (Å²) in [5, 5.41) is 3.40. The quantitative estimate of drug-likeness (QED) is 0.889. The van der Waals surface area contributed by atoms with Crippen molar-refractivity contribution < 1.29 is 4.79 Å². The Bertz CT molecular complexity index is 509. The van der Waals surface area contributed by atoms with Crippen LogP contribution in [0.25, 0.3) is 0 Å². The number of carbonyl (C=O) groups excluding carboxylic acids is 1. The monoisotopic (exact) mass is 287 g/mol. The van der Waals surface area contributed by atoms with E-state index in [0.29, 0.717) is 6.04 Å². The van der Waals surface area contributed by atoms with Crippen LogP contribution in [0.5, 0.6) is 0 Å². The molecule has 114 valence electrons. The van der Waals surface area contributed by atoms with E-state index in [0.717, 1.165) is 38.9 Å². The predicted octanol–water partition coefficient (Wildman–Crippen LogP) is 1.25. The molecule has 1 aromatic carbocycles. The molecule has 21 heavy (non-hydrogen) atoms. The van der Waals surface area contributed by atoms with Crippen LogP contribution >= 0.6 is 0 Å². The van der Waals surface area contributed by atoms with Crippen molar-refractivity contribution in [3.8, 4) is 0 Å². The molecular formula is C17H25N3O. The lowest BCUT2D eigenvalue weighted by molar-refractivity contribution is -0.135. The molecule has 2 heterocycles. The van der Waals surface area contributed by atoms with Crippen molar-refractivity contribution in [2.24, 2.45) is 0 Å². The highest BCUT2D eigenvalue weighted by Crippen LogP contribution is 2.20. The molecule has 0 bridgehead atoms. The van der Waals surface area contributed by atoms with Gasteiger partial charge in [-0.3, -0.25) is 4.79 Å². The predicted molar refractivity (Wildman–Crippen MR) is 84.1 cm³/mol. The highest BCUT2D eigenvalue weighted by atomic mass is 16.2. The highest BCUT2D eigenvalue weighted by Gasteiger charge is 2.30. The van der Waals surface area contributed by atoms with E-state index in [9.17, 15) is 4.79 Å². The Morgan fingerprint density at radius 2 is 1.90 bits per heavy atom. The molecule has 0 aliphatic carbocycles. The first-order valence-corrected chi connectivity index (χ1v) is 7.90. The van der Waals surface area contributed by atoms with Gasteiger partial charge >= 0.3 is 0 Å². The van der Waals surface area contributed by atoms with E-state index in [2.05, 4.69) is 41.5 Å². The number of benzene rings is 1. The average Bonchev–Trinajstić information content (AvgIpc) is 2.54. The Hall–Kier alpha value is -1.39. The molecule has 0 saturated carbocycles. The second kappa shape index (κ2) is 6.16. The van der Waals surface area contributed by atoms with Crippen molar-refractivity contribution in [1.82, 2.24) is 15.1 Å². The molecule has 1 saturated heterocycles. The molecule has 2 aliphatic heterocycles. The second-order valence-corrected chi connectivity index (χ2v) is 6.39. The lowest BCUT2D eigenvalue weighted by atomic mass is 9.94. The number of nitrogens with one attached hydrogen (secondary N) is 1. The summed E-state index contributed by atoms with van der Waals surface area (Å²) < 4.78 is 0. The van der Waals surface area contributed by atoms with Crippen molar-refractivity contribution in [3.63, 3.8) is 0 Å². The fourth-order valence-electron chi connectivity index (χ4n) is 3.44. The molecule has 1 atom stereocenters. The van der Waals surface area contributed by atoms with Gasteiger partial charge in [0.15, 0.2) is 0 Å². The maximum atomic E-state index is 12.7. The van der Waals surface area contributed by atoms with Crippen molar-refractivity contribution in [2.45, 2.75) is 37.9 Å². The average molecular weight is 287 g/mol. The third-order valence-corrected chi connectivity index (χ3v) is 4.96. The van der Waals surface area contributed by atoms with E-state index < -0.39 is 0 Å². The molecule has 1 unspecified atom stereocenters. The zero-order valence-electron chi connectivity index (χ0n) is 13.0. The van der Waals surface area contributed by atoms with Crippen LogP contribution in [0.2, 0.25) is 0 Å². The van der Waals surface area contributed by atoms with Gasteiger partial charge in [-0.15, -0.1) is 0 Å². The van der Waals surface area contributed by atoms with Gasteiger partial charge in [0.25, 0.3) is 0 Å². The van der Waals surface area contributed by atoms with E-state index in [1.165, 1.54) is 11.1 Å². The molecule has 1 aromatic rings. The Morgan fingerprint density at radius 3 is 2.62 bits per heavy atom. The van der Waals surface area contributed by atoms with Crippen molar-refractivity contribution in [3.05, 3.63) is 35.4 Å². The standard InChI is InChI=1S/C17H25N3O/c1-19-9-7-15(8-10-19)20(2)17(21)16-11-13-5-3-4-6-14(13)12-18-16/h3-6,15-16,18H,7-12H2,1-2H3. The number of carbonyl (C=O) groups is 1. The van der Waals surface area contributed by atoms with E-state index in [-0.39, 0.29) is 11.9 Å². The van der Waals surface area contributed by atoms with Gasteiger partial charge < -0.3 is 15.1 Å². The fourth-order valence-corrected chi connectivity index (χ4v) is 3.44. The van der Waals surface area contributed by atoms with Crippen LogP contribution in [0.3, 0.4) is 0 Å². The highest BCUT2D eigenvalue weighted by molar-refractivity contribution is 5.82. The third kappa shape index (κ3) is 3.11. The summed E-state index contributed by atoms with van der Waals surface area (Å²) in [4.78, 5) is 17.1. The lowest BCUT2D eigenvalue weighted by Crippen LogP contribution is -2.53. The number of amides is 1. The number of fused-ring (bicyclic) bond motifs is 1. The summed E-state index contributed by atoms with van der Waals surface area (Å²) in [6.45, 7) is 2.97. The van der Waals surface area contributed by atoms with E-state index in [4.69, 9.17) is 0 Å². The molecule has 0 spiro atoms. The van der Waals surface area contributed by atoms with Gasteiger partial charge in [0, 0.05) is 19.6 Å². The van der Waals surface area contributed by atoms with Crippen molar-refractivity contribution >= 4 is 5.91 Å². The Labute approximate surface area is 127 Å². The molecule has 4 nitrogen and oxygen atoms in total. The number of rotatable bonds is 2. The van der Waals surface area contributed by atoms with Crippen LogP contribution in [0.4, 0.5) is 0 Å². The van der Waals surface area contributed by atoms with Crippen LogP contribution in [0.1, 0.15) is 24.0 Å². The summed E-state index contributed by atoms with van der Waals surface area (Å²) in [7, 11) is 4.12. The van der Waals surface area contributed by atoms with Gasteiger partial charge in [0.05, 0.1) is 6.04 Å². The first kappa shape index (κ1) is 14.5. The summed E-state index contributed by atoms with van der Waals surface area (Å²) >= 11 is 0. The van der Waals surface area contributed by atoms with Crippen LogP contribution in [0.15, 0.2) is 24.3 Å². The van der Waals surface area contributed by atoms with E-state index in [1.54, 1.807) is 0 Å². The fraction of sp³-hybridized carbons (Fsp3) is 0.588. The van der Waals surface area contributed by atoms with Gasteiger partial charge in [-0.2, -0.15) is 0 Å². The van der Waals surface area contributed by atoms with Gasteiger partial charge in [-0.1, -0.05) is 24.3 Å². The minimum Gasteiger partial charge on any atom is -0.341 e. The van der Waals surface area contributed by atoms with Gasteiger partial charge in [-0.05, 0) is 50.5 Å². The summed E-state index contributed by atoms with van der Waals surface area (Å²) in [6, 6.07) is 8.74. The van der Waals surface area contributed by atoms with Crippen molar-refractivity contribution in [1.29, 1.82) is 0 Å². The minimum absolute atomic E-state index is 0.0652. The Morgan fingerprint density at radius 1 is 1.24 bits per heavy atom. The minimum atomic E-state index is -0.0652. The summed E-state index contributed by atoms with van der Waals surface area (Å²) in [5.74, 6) is 0.249. The first-order valence-electron chi connectivity index (χ1n) is 7.90. The van der Waals surface area contributed by atoms with Crippen LogP contribution in [-0.4, -0.2) is 55.0 Å². The topological polar surface area (TPSA) is 35.6 Å². The largest absolute Gasteiger partial charge is 0.341 e. The third-order valence-electron chi connectivity index (χ3n) is 4.96. The maximum Gasteiger partial charge on any atom is 0.240 e. The molecule has 1 amide bonds. The van der Waals surface area contributed by atoms with Gasteiger partial charge in [0.2, 0.25) is 5.91 Å². The zero-order chi connectivity index (χ0) is 14.8. The first-order chi connectivity index (χ1) is 10.1. The summed E-state index contributed by atoms with van der Waals surface area (Å²) in [5.41, 5.74) is 2.63. The molecule has 3 rings (SSSR count). The summed E-state index contributed by atoms with van der Waals surface area (Å²) in [6.07, 6.45) is 2.98. The Balaban J connectivity index is 1.63. The molecular weight excluding hydrogens is 262 g/mol. The van der Waals surface area contributed by atoms with E-state index >= 15 is 0 Å². The van der Waals surface area contributed by atoms with E-state index in [1.807, 2.05) is 11.9 Å². The van der Waals surface area contributed by atoms with Crippen LogP contribution in [0, 0.1) is 0 Å². The smallest absolute Gasteiger partial charge is 0.240 e. The van der Waals surface area contributed by atoms with Gasteiger partial charge in [0.1, 0.15) is 0 Å². The SMILES string of the molecule is CN1CCC(N(C)C(=O)C2Cc3ccccc3CN2)CC1. The maximum absolute atomic E-state index is 12.7. The lowest BCUT2D eigenvalue weighted by Gasteiger charge is -2.37. The number of nitrogens with zero attached hydrogens (tertiary/aromatic N) is 2. The number of likely N-dealkylation sites (tertiary alicyclic amines) is 1. The second-order valence-electron chi connectivity index (χ2n) is 6.39. The Kier molecular flexibility index (Phi) is 4.27. The number of hydrogen-bond donors (Lipinski definition) is 1. The van der Waals surface area contributed by atoms with Crippen molar-refractivity contribution in [2.75, 3.05) is 27.2 Å². The molecule has 0 aromatic heterocycles. The van der Waals surface area contributed by atoms with Crippen LogP contribution in [-0.2, 0) is 17.8 Å². The van der Waals surface area contributed by atoms with Gasteiger partial charge in [-0.25, -0.2) is 0 Å². The molecule has 1 N–H and O–H groups in total. The number of piperidine rings is 1. The molecule has 0 radical (unpaired) electrons.